The lowest BCUT2D eigenvalue weighted by molar-refractivity contribution is 0.0982. The molecule has 0 radical (unpaired) electrons. The SMILES string of the molecule is O=C1CCCOc2c(F)ccc(Br)c21. The lowest BCUT2D eigenvalue weighted by Gasteiger charge is -2.08. The first-order valence-corrected chi connectivity index (χ1v) is 5.13. The Kier molecular flexibility index (Phi) is 2.54. The Hall–Kier alpha value is -0.900. The summed E-state index contributed by atoms with van der Waals surface area (Å²) in [5.41, 5.74) is 0.336. The second-order valence-corrected chi connectivity index (χ2v) is 3.96. The molecule has 2 nitrogen and oxygen atoms in total. The summed E-state index contributed by atoms with van der Waals surface area (Å²) in [7, 11) is 0. The van der Waals surface area contributed by atoms with E-state index in [0.29, 0.717) is 29.5 Å². The molecule has 0 aromatic heterocycles. The Morgan fingerprint density at radius 1 is 1.43 bits per heavy atom. The first kappa shape index (κ1) is 9.65. The van der Waals surface area contributed by atoms with Gasteiger partial charge in [0.1, 0.15) is 0 Å². The molecule has 1 heterocycles. The summed E-state index contributed by atoms with van der Waals surface area (Å²) in [6.07, 6.45) is 1.05. The van der Waals surface area contributed by atoms with Gasteiger partial charge in [0.05, 0.1) is 12.2 Å². The van der Waals surface area contributed by atoms with Crippen LogP contribution in [-0.2, 0) is 0 Å². The van der Waals surface area contributed by atoms with Crippen molar-refractivity contribution < 1.29 is 13.9 Å². The molecule has 0 unspecified atom stereocenters. The van der Waals surface area contributed by atoms with Gasteiger partial charge in [0.25, 0.3) is 0 Å². The molecule has 0 N–H and O–H groups in total. The van der Waals surface area contributed by atoms with Crippen LogP contribution in [-0.4, -0.2) is 12.4 Å². The van der Waals surface area contributed by atoms with Gasteiger partial charge in [-0.3, -0.25) is 4.79 Å². The molecule has 0 saturated heterocycles. The first-order valence-electron chi connectivity index (χ1n) is 4.34. The number of Topliss-reactive ketones (excluding diaryl/α,β-unsaturated/α-hetero) is 1. The van der Waals surface area contributed by atoms with Crippen LogP contribution in [0, 0.1) is 5.82 Å². The van der Waals surface area contributed by atoms with Crippen molar-refractivity contribution in [3.63, 3.8) is 0 Å². The van der Waals surface area contributed by atoms with Gasteiger partial charge in [0, 0.05) is 10.9 Å². The van der Waals surface area contributed by atoms with Crippen LogP contribution in [0.4, 0.5) is 4.39 Å². The zero-order valence-electron chi connectivity index (χ0n) is 7.35. The number of ketones is 1. The average molecular weight is 259 g/mol. The third kappa shape index (κ3) is 1.54. The van der Waals surface area contributed by atoms with Crippen molar-refractivity contribution in [1.29, 1.82) is 0 Å². The normalized spacial score (nSPS) is 15.7. The molecule has 1 aliphatic heterocycles. The molecule has 0 fully saturated rings. The number of carbonyl (C=O) groups excluding carboxylic acids is 1. The molecule has 0 aliphatic carbocycles. The van der Waals surface area contributed by atoms with Crippen LogP contribution in [0.25, 0.3) is 0 Å². The van der Waals surface area contributed by atoms with Crippen molar-refractivity contribution in [3.8, 4) is 5.75 Å². The van der Waals surface area contributed by atoms with Crippen LogP contribution in [0.15, 0.2) is 16.6 Å². The number of benzene rings is 1. The summed E-state index contributed by atoms with van der Waals surface area (Å²) in [5, 5.41) is 0. The zero-order chi connectivity index (χ0) is 10.1. The lowest BCUT2D eigenvalue weighted by Crippen LogP contribution is -2.01. The summed E-state index contributed by atoms with van der Waals surface area (Å²) in [4.78, 5) is 11.6. The monoisotopic (exact) mass is 258 g/mol. The Bertz CT molecular complexity index is 390. The molecule has 0 bridgehead atoms. The molecule has 74 valence electrons. The standard InChI is InChI=1S/C10H8BrFO2/c11-6-3-4-7(12)10-9(6)8(13)2-1-5-14-10/h3-4H,1-2,5H2. The Morgan fingerprint density at radius 3 is 3.00 bits per heavy atom. The topological polar surface area (TPSA) is 26.3 Å². The van der Waals surface area contributed by atoms with Crippen molar-refractivity contribution in [2.24, 2.45) is 0 Å². The van der Waals surface area contributed by atoms with Crippen LogP contribution in [0.2, 0.25) is 0 Å². The second kappa shape index (κ2) is 3.69. The van der Waals surface area contributed by atoms with Gasteiger partial charge in [-0.1, -0.05) is 0 Å². The van der Waals surface area contributed by atoms with Gasteiger partial charge in [-0.25, -0.2) is 4.39 Å². The summed E-state index contributed by atoms with van der Waals surface area (Å²) >= 11 is 3.22. The van der Waals surface area contributed by atoms with Gasteiger partial charge in [-0.05, 0) is 34.5 Å². The van der Waals surface area contributed by atoms with E-state index in [1.165, 1.54) is 12.1 Å². The largest absolute Gasteiger partial charge is 0.490 e. The summed E-state index contributed by atoms with van der Waals surface area (Å²) < 4.78 is 19.1. The number of carbonyl (C=O) groups is 1. The lowest BCUT2D eigenvalue weighted by atomic mass is 10.1. The molecule has 1 aromatic rings. The van der Waals surface area contributed by atoms with Crippen molar-refractivity contribution in [3.05, 3.63) is 28.0 Å². The maximum Gasteiger partial charge on any atom is 0.167 e. The molecule has 0 amide bonds. The maximum absolute atomic E-state index is 13.3. The fraction of sp³-hybridized carbons (Fsp3) is 0.300. The average Bonchev–Trinajstić information content (AvgIpc) is 2.35. The van der Waals surface area contributed by atoms with E-state index in [9.17, 15) is 9.18 Å². The van der Waals surface area contributed by atoms with Gasteiger partial charge >= 0.3 is 0 Å². The second-order valence-electron chi connectivity index (χ2n) is 3.11. The van der Waals surface area contributed by atoms with Gasteiger partial charge in [-0.2, -0.15) is 0 Å². The Morgan fingerprint density at radius 2 is 2.21 bits per heavy atom. The van der Waals surface area contributed by atoms with Gasteiger partial charge < -0.3 is 4.74 Å². The van der Waals surface area contributed by atoms with E-state index >= 15 is 0 Å². The highest BCUT2D eigenvalue weighted by molar-refractivity contribution is 9.10. The minimum atomic E-state index is -0.474. The molecular weight excluding hydrogens is 251 g/mol. The number of ether oxygens (including phenoxy) is 1. The molecule has 0 saturated carbocycles. The van der Waals surface area contributed by atoms with E-state index in [-0.39, 0.29) is 11.5 Å². The van der Waals surface area contributed by atoms with Gasteiger partial charge in [0.2, 0.25) is 0 Å². The van der Waals surface area contributed by atoms with Crippen molar-refractivity contribution in [2.45, 2.75) is 12.8 Å². The van der Waals surface area contributed by atoms with E-state index in [1.54, 1.807) is 0 Å². The fourth-order valence-electron chi connectivity index (χ4n) is 1.47. The number of rotatable bonds is 0. The van der Waals surface area contributed by atoms with E-state index in [4.69, 9.17) is 4.74 Å². The van der Waals surface area contributed by atoms with Crippen molar-refractivity contribution in [1.82, 2.24) is 0 Å². The Labute approximate surface area is 89.2 Å². The third-order valence-corrected chi connectivity index (χ3v) is 2.79. The smallest absolute Gasteiger partial charge is 0.167 e. The molecule has 0 atom stereocenters. The maximum atomic E-state index is 13.3. The van der Waals surface area contributed by atoms with Crippen molar-refractivity contribution >= 4 is 21.7 Å². The van der Waals surface area contributed by atoms with Gasteiger partial charge in [0.15, 0.2) is 17.3 Å². The highest BCUT2D eigenvalue weighted by Gasteiger charge is 2.22. The number of halogens is 2. The van der Waals surface area contributed by atoms with E-state index < -0.39 is 5.82 Å². The number of hydrogen-bond donors (Lipinski definition) is 0. The fourth-order valence-corrected chi connectivity index (χ4v) is 2.00. The van der Waals surface area contributed by atoms with Crippen molar-refractivity contribution in [2.75, 3.05) is 6.61 Å². The summed E-state index contributed by atoms with van der Waals surface area (Å²) in [5.74, 6) is -0.454. The molecule has 0 spiro atoms. The third-order valence-electron chi connectivity index (χ3n) is 2.13. The minimum absolute atomic E-state index is 0.0659. The van der Waals surface area contributed by atoms with E-state index in [2.05, 4.69) is 15.9 Å². The van der Waals surface area contributed by atoms with Crippen LogP contribution >= 0.6 is 15.9 Å². The van der Waals surface area contributed by atoms with Crippen LogP contribution in [0.5, 0.6) is 5.75 Å². The summed E-state index contributed by atoms with van der Waals surface area (Å²) in [6, 6.07) is 2.82. The van der Waals surface area contributed by atoms with Crippen LogP contribution in [0.1, 0.15) is 23.2 Å². The highest BCUT2D eigenvalue weighted by atomic mass is 79.9. The van der Waals surface area contributed by atoms with Crippen LogP contribution < -0.4 is 4.74 Å². The number of fused-ring (bicyclic) bond motifs is 1. The van der Waals surface area contributed by atoms with Gasteiger partial charge in [-0.15, -0.1) is 0 Å². The molecule has 14 heavy (non-hydrogen) atoms. The quantitative estimate of drug-likeness (QED) is 0.716. The van der Waals surface area contributed by atoms with Crippen LogP contribution in [0.3, 0.4) is 0 Å². The predicted octanol–water partition coefficient (Wildman–Crippen LogP) is 2.94. The molecule has 4 heteroatoms. The van der Waals surface area contributed by atoms with E-state index in [0.717, 1.165) is 0 Å². The predicted molar refractivity (Wildman–Crippen MR) is 53.2 cm³/mol. The molecule has 1 aromatic carbocycles. The highest BCUT2D eigenvalue weighted by Crippen LogP contribution is 2.33. The summed E-state index contributed by atoms with van der Waals surface area (Å²) in [6.45, 7) is 0.395. The number of hydrogen-bond acceptors (Lipinski definition) is 2. The molecule has 2 rings (SSSR count). The first-order chi connectivity index (χ1) is 6.70. The molecular formula is C10H8BrFO2. The Balaban J connectivity index is 2.62. The molecule has 1 aliphatic rings. The zero-order valence-corrected chi connectivity index (χ0v) is 8.93. The minimum Gasteiger partial charge on any atom is -0.490 e. The van der Waals surface area contributed by atoms with E-state index in [1.807, 2.05) is 0 Å².